The van der Waals surface area contributed by atoms with Crippen molar-refractivity contribution in [2.24, 2.45) is 11.8 Å². The molecule has 1 fully saturated rings. The molecule has 0 bridgehead atoms. The number of ether oxygens (including phenoxy) is 2. The molecule has 1 aliphatic rings. The smallest absolute Gasteiger partial charge is 0.329 e. The zero-order valence-electron chi connectivity index (χ0n) is 43.7. The van der Waals surface area contributed by atoms with Crippen molar-refractivity contribution in [1.82, 2.24) is 60.8 Å². The Morgan fingerprint density at radius 3 is 1.21 bits per heavy atom. The Labute approximate surface area is 450 Å². The Balaban J connectivity index is 1.51. The fourth-order valence-electron chi connectivity index (χ4n) is 8.37. The molecular formula is C50H64N12O12S2. The number of para-hydroxylation sites is 4. The summed E-state index contributed by atoms with van der Waals surface area (Å²) in [5.41, 5.74) is 1.30. The van der Waals surface area contributed by atoms with E-state index < -0.39 is 133 Å². The monoisotopic (exact) mass is 1090 g/mol. The fraction of sp³-hybridized carbons (Fsp3) is 0.480. The number of benzene rings is 2. The number of cyclic esters (lactones) is 2. The van der Waals surface area contributed by atoms with E-state index in [1.165, 1.54) is 54.4 Å². The maximum Gasteiger partial charge on any atom is 0.329 e. The van der Waals surface area contributed by atoms with Gasteiger partial charge in [-0.3, -0.25) is 48.3 Å². The highest BCUT2D eigenvalue weighted by molar-refractivity contribution is 7.80. The number of hydrogen-bond donors (Lipinski definition) is 6. The summed E-state index contributed by atoms with van der Waals surface area (Å²) < 4.78 is 11.3. The van der Waals surface area contributed by atoms with E-state index in [1.807, 2.05) is 0 Å². The minimum absolute atomic E-state index is 0.199. The maximum absolute atomic E-state index is 14.3. The highest BCUT2D eigenvalue weighted by Crippen LogP contribution is 2.19. The Morgan fingerprint density at radius 2 is 0.895 bits per heavy atom. The lowest BCUT2D eigenvalue weighted by Gasteiger charge is -2.36. The molecule has 8 amide bonds. The number of fused-ring (bicyclic) bond motifs is 2. The third-order valence-electron chi connectivity index (χ3n) is 12.7. The van der Waals surface area contributed by atoms with Crippen molar-refractivity contribution in [3.05, 3.63) is 72.3 Å². The Kier molecular flexibility index (Phi) is 20.6. The summed E-state index contributed by atoms with van der Waals surface area (Å²) in [5, 5.41) is 10.0. The second-order valence-corrected chi connectivity index (χ2v) is 19.6. The van der Waals surface area contributed by atoms with Gasteiger partial charge in [0.25, 0.3) is 11.8 Å². The van der Waals surface area contributed by atoms with E-state index in [2.05, 4.69) is 66.5 Å². The number of rotatable bonds is 8. The van der Waals surface area contributed by atoms with Crippen LogP contribution in [0.15, 0.2) is 60.9 Å². The minimum atomic E-state index is -1.69. The Morgan fingerprint density at radius 1 is 0.566 bits per heavy atom. The quantitative estimate of drug-likeness (QED) is 0.100. The number of carbonyl (C=O) groups excluding carboxylic acids is 10. The van der Waals surface area contributed by atoms with Gasteiger partial charge in [0.05, 0.1) is 34.5 Å². The van der Waals surface area contributed by atoms with Crippen LogP contribution in [-0.2, 0) is 47.8 Å². The van der Waals surface area contributed by atoms with Gasteiger partial charge in [-0.2, -0.15) is 25.3 Å². The van der Waals surface area contributed by atoms with Gasteiger partial charge in [0.1, 0.15) is 72.9 Å². The van der Waals surface area contributed by atoms with Crippen LogP contribution in [0.2, 0.25) is 0 Å². The van der Waals surface area contributed by atoms with Gasteiger partial charge in [-0.05, 0) is 49.9 Å². The molecule has 0 aliphatic carbocycles. The second kappa shape index (κ2) is 26.3. The molecule has 3 heterocycles. The van der Waals surface area contributed by atoms with E-state index in [0.29, 0.717) is 22.1 Å². The largest absolute Gasteiger partial charge is 0.461 e. The summed E-state index contributed by atoms with van der Waals surface area (Å²) in [6, 6.07) is 1.90. The van der Waals surface area contributed by atoms with Crippen LogP contribution in [0.25, 0.3) is 22.1 Å². The molecule has 4 N–H and O–H groups in total. The molecule has 76 heavy (non-hydrogen) atoms. The number of esters is 2. The number of nitrogens with one attached hydrogen (secondary N) is 4. The van der Waals surface area contributed by atoms with Crippen LogP contribution in [0.1, 0.15) is 62.5 Å². The number of hydrogen-bond acceptors (Lipinski definition) is 18. The topological polar surface area (TPSA) is 302 Å². The fourth-order valence-corrected chi connectivity index (χ4v) is 9.17. The molecule has 0 saturated carbocycles. The van der Waals surface area contributed by atoms with Gasteiger partial charge in [-0.15, -0.1) is 0 Å². The number of nitrogens with zero attached hydrogens (tertiary/aromatic N) is 8. The lowest BCUT2D eigenvalue weighted by molar-refractivity contribution is -0.160. The first-order chi connectivity index (χ1) is 35.9. The lowest BCUT2D eigenvalue weighted by Crippen LogP contribution is -2.60. The van der Waals surface area contributed by atoms with Crippen molar-refractivity contribution >= 4 is 107 Å². The summed E-state index contributed by atoms with van der Waals surface area (Å²) in [5.74, 6) is -10.8. The molecule has 8 atom stereocenters. The zero-order chi connectivity index (χ0) is 56.3. The number of amides is 8. The molecule has 0 radical (unpaired) electrons. The second-order valence-electron chi connectivity index (χ2n) is 18.8. The third-order valence-corrected chi connectivity index (χ3v) is 13.4. The van der Waals surface area contributed by atoms with E-state index in [-0.39, 0.29) is 22.9 Å². The average Bonchev–Trinajstić information content (AvgIpc) is 3.39. The lowest BCUT2D eigenvalue weighted by atomic mass is 10.0. The summed E-state index contributed by atoms with van der Waals surface area (Å²) in [6.07, 6.45) is 2.37. The Hall–Kier alpha value is -7.48. The number of aromatic nitrogens is 4. The predicted molar refractivity (Wildman–Crippen MR) is 282 cm³/mol. The first-order valence-corrected chi connectivity index (χ1v) is 25.5. The van der Waals surface area contributed by atoms with Crippen molar-refractivity contribution in [3.63, 3.8) is 0 Å². The van der Waals surface area contributed by atoms with Crippen LogP contribution in [0.5, 0.6) is 0 Å². The maximum atomic E-state index is 14.3. The van der Waals surface area contributed by atoms with Crippen molar-refractivity contribution in [1.29, 1.82) is 0 Å². The SMILES string of the molecule is CC(C)[C@H]1C(=O)OC[C@@H](NC(=O)c2cnc3ccccc3n2)C(=O)N[C@@H](C)C(=O)N(C)[C@H](CS)C(=O)N(C)[C@@H](C(C)C)C(=O)OC[C@@H](NC(=O)c2cnc3ccccc3n2)C(=O)N[C@@H](C)C(=O)N(C)[C@H](CS)C(=O)N1C. The van der Waals surface area contributed by atoms with Gasteiger partial charge >= 0.3 is 11.9 Å². The standard InChI is InChI=1S/C50H64N12O12S2/c1-25(2)39-49(71)73-21-35(57-41(63)33-19-51-29-15-11-13-17-31(29)55-33)43(65)53-28(6)46(68)60(8)38(24-76)48(70)62(10)40(26(3)4)50(72)74-22-36(58-42(64)34-20-52-30-16-12-14-18-32(30)56-34)44(66)54-27(5)45(67)59(7)37(23-75)47(69)61(39)9/h11-20,25-28,35-40,75-76H,21-24H2,1-10H3,(H,53,65)(H,54,66)(H,57,63)(H,58,64)/t27-,28-,35+,36+,37+,38+,39-,40-/m0/s1. The van der Waals surface area contributed by atoms with E-state index in [9.17, 15) is 47.9 Å². The van der Waals surface area contributed by atoms with Crippen LogP contribution in [0.3, 0.4) is 0 Å². The van der Waals surface area contributed by atoms with Crippen LogP contribution in [0.4, 0.5) is 0 Å². The van der Waals surface area contributed by atoms with Gasteiger partial charge in [-0.1, -0.05) is 52.0 Å². The van der Waals surface area contributed by atoms with Crippen molar-refractivity contribution < 1.29 is 57.4 Å². The van der Waals surface area contributed by atoms with Gasteiger partial charge in [0.2, 0.25) is 35.4 Å². The van der Waals surface area contributed by atoms with E-state index in [0.717, 1.165) is 19.6 Å². The van der Waals surface area contributed by atoms with Gasteiger partial charge in [0, 0.05) is 39.7 Å². The number of likely N-dealkylation sites (N-methyl/N-ethyl adjacent to an activating group) is 4. The van der Waals surface area contributed by atoms with E-state index >= 15 is 0 Å². The molecular weight excluding hydrogens is 1020 g/mol. The normalized spacial score (nSPS) is 23.9. The average molecular weight is 1090 g/mol. The van der Waals surface area contributed by atoms with E-state index in [4.69, 9.17) is 9.47 Å². The summed E-state index contributed by atoms with van der Waals surface area (Å²) in [7, 11) is 5.17. The molecule has 408 valence electrons. The molecule has 26 heteroatoms. The summed E-state index contributed by atoms with van der Waals surface area (Å²) in [6.45, 7) is 7.46. The number of thiol groups is 2. The third kappa shape index (κ3) is 14.1. The molecule has 1 aliphatic heterocycles. The van der Waals surface area contributed by atoms with Crippen LogP contribution >= 0.6 is 25.3 Å². The minimum Gasteiger partial charge on any atom is -0.461 e. The van der Waals surface area contributed by atoms with Gasteiger partial charge in [-0.25, -0.2) is 19.6 Å². The van der Waals surface area contributed by atoms with Gasteiger partial charge < -0.3 is 50.3 Å². The number of carbonyl (C=O) groups is 10. The highest BCUT2D eigenvalue weighted by Gasteiger charge is 2.41. The van der Waals surface area contributed by atoms with Crippen molar-refractivity contribution in [2.45, 2.75) is 89.9 Å². The molecule has 1 saturated heterocycles. The van der Waals surface area contributed by atoms with E-state index in [1.54, 1.807) is 76.2 Å². The molecule has 0 spiro atoms. The molecule has 4 aromatic rings. The van der Waals surface area contributed by atoms with Crippen LogP contribution in [-0.4, -0.2) is 200 Å². The van der Waals surface area contributed by atoms with Gasteiger partial charge in [0.15, 0.2) is 0 Å². The highest BCUT2D eigenvalue weighted by atomic mass is 32.1. The summed E-state index contributed by atoms with van der Waals surface area (Å²) in [4.78, 5) is 162. The van der Waals surface area contributed by atoms with Crippen LogP contribution in [0, 0.1) is 11.8 Å². The molecule has 2 aromatic heterocycles. The van der Waals surface area contributed by atoms with Crippen molar-refractivity contribution in [3.8, 4) is 0 Å². The van der Waals surface area contributed by atoms with Crippen LogP contribution < -0.4 is 21.3 Å². The first kappa shape index (κ1) is 59.4. The molecule has 24 nitrogen and oxygen atoms in total. The molecule has 2 aromatic carbocycles. The first-order valence-electron chi connectivity index (χ1n) is 24.2. The molecule has 0 unspecified atom stereocenters. The Bertz CT molecular complexity index is 2670. The summed E-state index contributed by atoms with van der Waals surface area (Å²) >= 11 is 8.72. The zero-order valence-corrected chi connectivity index (χ0v) is 45.5. The predicted octanol–water partition coefficient (Wildman–Crippen LogP) is 0.0590. The molecule has 5 rings (SSSR count). The van der Waals surface area contributed by atoms with Crippen molar-refractivity contribution in [2.75, 3.05) is 52.9 Å².